The summed E-state index contributed by atoms with van der Waals surface area (Å²) in [6, 6.07) is 3.88. The van der Waals surface area contributed by atoms with E-state index in [1.807, 2.05) is 12.1 Å². The van der Waals surface area contributed by atoms with Crippen LogP contribution in [0.5, 0.6) is 0 Å². The summed E-state index contributed by atoms with van der Waals surface area (Å²) in [5.41, 5.74) is 6.70. The molecule has 1 aromatic rings. The van der Waals surface area contributed by atoms with Gasteiger partial charge in [-0.3, -0.25) is 4.98 Å². The molecule has 0 amide bonds. The molecular formula is C10H16N2O. The van der Waals surface area contributed by atoms with Crippen molar-refractivity contribution in [3.8, 4) is 0 Å². The Balaban J connectivity index is 2.56. The molecule has 0 fully saturated rings. The highest BCUT2D eigenvalue weighted by Crippen LogP contribution is 2.14. The molecule has 0 spiro atoms. The standard InChI is InChI=1S/C10H16N2O/c1-2-7-13-10(8-11)9-3-5-12-6-4-9/h3-6,10H,2,7-8,11H2,1H3. The highest BCUT2D eigenvalue weighted by Gasteiger charge is 2.08. The Morgan fingerprint density at radius 3 is 2.69 bits per heavy atom. The number of rotatable bonds is 5. The monoisotopic (exact) mass is 180 g/mol. The van der Waals surface area contributed by atoms with Crippen molar-refractivity contribution in [2.24, 2.45) is 5.73 Å². The molecule has 0 aromatic carbocycles. The topological polar surface area (TPSA) is 48.1 Å². The van der Waals surface area contributed by atoms with Gasteiger partial charge in [-0.15, -0.1) is 0 Å². The average Bonchev–Trinajstić information content (AvgIpc) is 2.21. The first-order valence-electron chi connectivity index (χ1n) is 4.60. The number of pyridine rings is 1. The Morgan fingerprint density at radius 1 is 1.46 bits per heavy atom. The molecule has 0 aliphatic rings. The summed E-state index contributed by atoms with van der Waals surface area (Å²) in [4.78, 5) is 3.95. The Hall–Kier alpha value is -0.930. The average molecular weight is 180 g/mol. The van der Waals surface area contributed by atoms with Gasteiger partial charge in [-0.25, -0.2) is 0 Å². The van der Waals surface area contributed by atoms with Crippen molar-refractivity contribution in [3.05, 3.63) is 30.1 Å². The van der Waals surface area contributed by atoms with E-state index in [0.29, 0.717) is 6.54 Å². The SMILES string of the molecule is CCCOC(CN)c1ccncc1. The van der Waals surface area contributed by atoms with Crippen molar-refractivity contribution in [1.82, 2.24) is 4.98 Å². The van der Waals surface area contributed by atoms with E-state index in [-0.39, 0.29) is 6.10 Å². The molecule has 0 aliphatic heterocycles. The Kier molecular flexibility index (Phi) is 4.43. The largest absolute Gasteiger partial charge is 0.372 e. The lowest BCUT2D eigenvalue weighted by atomic mass is 10.1. The fraction of sp³-hybridized carbons (Fsp3) is 0.500. The lowest BCUT2D eigenvalue weighted by Crippen LogP contribution is -2.16. The maximum absolute atomic E-state index is 5.60. The quantitative estimate of drug-likeness (QED) is 0.747. The van der Waals surface area contributed by atoms with Gasteiger partial charge in [-0.05, 0) is 24.1 Å². The van der Waals surface area contributed by atoms with Crippen LogP contribution in [0.15, 0.2) is 24.5 Å². The van der Waals surface area contributed by atoms with Crippen LogP contribution in [0, 0.1) is 0 Å². The van der Waals surface area contributed by atoms with Gasteiger partial charge in [0.05, 0.1) is 6.10 Å². The van der Waals surface area contributed by atoms with Gasteiger partial charge in [0.15, 0.2) is 0 Å². The van der Waals surface area contributed by atoms with E-state index >= 15 is 0 Å². The Morgan fingerprint density at radius 2 is 2.15 bits per heavy atom. The third kappa shape index (κ3) is 3.13. The summed E-state index contributed by atoms with van der Waals surface area (Å²) < 4.78 is 5.57. The molecule has 1 heterocycles. The maximum Gasteiger partial charge on any atom is 0.0948 e. The molecule has 13 heavy (non-hydrogen) atoms. The fourth-order valence-corrected chi connectivity index (χ4v) is 1.14. The van der Waals surface area contributed by atoms with E-state index in [1.165, 1.54) is 0 Å². The maximum atomic E-state index is 5.60. The number of nitrogens with two attached hydrogens (primary N) is 1. The predicted octanol–water partition coefficient (Wildman–Crippen LogP) is 1.51. The molecule has 0 radical (unpaired) electrons. The Bertz CT molecular complexity index is 226. The number of nitrogens with zero attached hydrogens (tertiary/aromatic N) is 1. The smallest absolute Gasteiger partial charge is 0.0948 e. The van der Waals surface area contributed by atoms with E-state index in [2.05, 4.69) is 11.9 Å². The van der Waals surface area contributed by atoms with Crippen LogP contribution in [0.2, 0.25) is 0 Å². The molecule has 2 N–H and O–H groups in total. The van der Waals surface area contributed by atoms with E-state index in [0.717, 1.165) is 18.6 Å². The summed E-state index contributed by atoms with van der Waals surface area (Å²) in [5, 5.41) is 0. The molecule has 1 atom stereocenters. The van der Waals surface area contributed by atoms with Crippen LogP contribution in [0.25, 0.3) is 0 Å². The molecule has 1 unspecified atom stereocenters. The third-order valence-electron chi connectivity index (χ3n) is 1.82. The van der Waals surface area contributed by atoms with Gasteiger partial charge in [0, 0.05) is 25.5 Å². The molecular weight excluding hydrogens is 164 g/mol. The normalized spacial score (nSPS) is 12.8. The van der Waals surface area contributed by atoms with Crippen LogP contribution in [0.4, 0.5) is 0 Å². The molecule has 0 aliphatic carbocycles. The van der Waals surface area contributed by atoms with E-state index in [1.54, 1.807) is 12.4 Å². The molecule has 0 bridgehead atoms. The molecule has 0 saturated heterocycles. The van der Waals surface area contributed by atoms with Crippen molar-refractivity contribution >= 4 is 0 Å². The lowest BCUT2D eigenvalue weighted by molar-refractivity contribution is 0.0590. The number of ether oxygens (including phenoxy) is 1. The van der Waals surface area contributed by atoms with Crippen LogP contribution in [0.3, 0.4) is 0 Å². The minimum Gasteiger partial charge on any atom is -0.372 e. The van der Waals surface area contributed by atoms with Crippen LogP contribution in [0.1, 0.15) is 25.0 Å². The van der Waals surface area contributed by atoms with Crippen LogP contribution in [-0.4, -0.2) is 18.1 Å². The molecule has 72 valence electrons. The Labute approximate surface area is 78.9 Å². The summed E-state index contributed by atoms with van der Waals surface area (Å²) in [6.45, 7) is 3.36. The zero-order valence-corrected chi connectivity index (χ0v) is 7.94. The number of hydrogen-bond donors (Lipinski definition) is 1. The van der Waals surface area contributed by atoms with Crippen molar-refractivity contribution in [2.75, 3.05) is 13.2 Å². The van der Waals surface area contributed by atoms with Crippen molar-refractivity contribution < 1.29 is 4.74 Å². The zero-order valence-electron chi connectivity index (χ0n) is 7.94. The minimum atomic E-state index is 0.0166. The van der Waals surface area contributed by atoms with E-state index in [9.17, 15) is 0 Å². The third-order valence-corrected chi connectivity index (χ3v) is 1.82. The van der Waals surface area contributed by atoms with Gasteiger partial charge >= 0.3 is 0 Å². The second-order valence-electron chi connectivity index (χ2n) is 2.88. The fourth-order valence-electron chi connectivity index (χ4n) is 1.14. The highest BCUT2D eigenvalue weighted by atomic mass is 16.5. The van der Waals surface area contributed by atoms with Crippen molar-refractivity contribution in [3.63, 3.8) is 0 Å². The second kappa shape index (κ2) is 5.67. The molecule has 1 rings (SSSR count). The first kappa shape index (κ1) is 10.2. The van der Waals surface area contributed by atoms with Gasteiger partial charge in [-0.2, -0.15) is 0 Å². The predicted molar refractivity (Wildman–Crippen MR) is 52.3 cm³/mol. The van der Waals surface area contributed by atoms with Crippen LogP contribution < -0.4 is 5.73 Å². The first-order valence-corrected chi connectivity index (χ1v) is 4.60. The summed E-state index contributed by atoms with van der Waals surface area (Å²) in [5.74, 6) is 0. The molecule has 0 saturated carbocycles. The van der Waals surface area contributed by atoms with Gasteiger partial charge < -0.3 is 10.5 Å². The minimum absolute atomic E-state index is 0.0166. The zero-order chi connectivity index (χ0) is 9.52. The van der Waals surface area contributed by atoms with Crippen molar-refractivity contribution in [1.29, 1.82) is 0 Å². The summed E-state index contributed by atoms with van der Waals surface area (Å²) >= 11 is 0. The first-order chi connectivity index (χ1) is 6.38. The summed E-state index contributed by atoms with van der Waals surface area (Å²) in [6.07, 6.45) is 4.55. The van der Waals surface area contributed by atoms with Crippen molar-refractivity contribution in [2.45, 2.75) is 19.4 Å². The lowest BCUT2D eigenvalue weighted by Gasteiger charge is -2.15. The molecule has 3 nitrogen and oxygen atoms in total. The van der Waals surface area contributed by atoms with Crippen LogP contribution in [-0.2, 0) is 4.74 Å². The number of aromatic nitrogens is 1. The second-order valence-corrected chi connectivity index (χ2v) is 2.88. The van der Waals surface area contributed by atoms with Crippen LogP contribution >= 0.6 is 0 Å². The molecule has 3 heteroatoms. The summed E-state index contributed by atoms with van der Waals surface area (Å²) in [7, 11) is 0. The molecule has 1 aromatic heterocycles. The van der Waals surface area contributed by atoms with E-state index in [4.69, 9.17) is 10.5 Å². The number of hydrogen-bond acceptors (Lipinski definition) is 3. The van der Waals surface area contributed by atoms with Gasteiger partial charge in [0.25, 0.3) is 0 Å². The van der Waals surface area contributed by atoms with Gasteiger partial charge in [0.1, 0.15) is 0 Å². The highest BCUT2D eigenvalue weighted by molar-refractivity contribution is 5.13. The van der Waals surface area contributed by atoms with Gasteiger partial charge in [0.2, 0.25) is 0 Å². The van der Waals surface area contributed by atoms with Gasteiger partial charge in [-0.1, -0.05) is 6.92 Å². The van der Waals surface area contributed by atoms with E-state index < -0.39 is 0 Å².